The lowest BCUT2D eigenvalue weighted by atomic mass is 9.88. The SMILES string of the molecule is CNC1CCCCCCC1OC1CCCC(C)C1. The summed E-state index contributed by atoms with van der Waals surface area (Å²) in [4.78, 5) is 0. The van der Waals surface area contributed by atoms with Gasteiger partial charge in [-0.2, -0.15) is 0 Å². The number of hydrogen-bond donors (Lipinski definition) is 1. The zero-order valence-corrected chi connectivity index (χ0v) is 12.3. The van der Waals surface area contributed by atoms with E-state index in [2.05, 4.69) is 19.3 Å². The lowest BCUT2D eigenvalue weighted by Crippen LogP contribution is -2.42. The summed E-state index contributed by atoms with van der Waals surface area (Å²) in [6.07, 6.45) is 14.4. The Hall–Kier alpha value is -0.0800. The van der Waals surface area contributed by atoms with Crippen LogP contribution < -0.4 is 5.32 Å². The highest BCUT2D eigenvalue weighted by Crippen LogP contribution is 2.29. The Labute approximate surface area is 113 Å². The van der Waals surface area contributed by atoms with Crippen molar-refractivity contribution in [2.24, 2.45) is 5.92 Å². The zero-order valence-electron chi connectivity index (χ0n) is 12.3. The van der Waals surface area contributed by atoms with Crippen LogP contribution >= 0.6 is 0 Å². The first-order chi connectivity index (χ1) is 8.79. The molecule has 0 spiro atoms. The largest absolute Gasteiger partial charge is 0.373 e. The molecule has 0 heterocycles. The van der Waals surface area contributed by atoms with E-state index in [-0.39, 0.29) is 0 Å². The van der Waals surface area contributed by atoms with E-state index in [1.807, 2.05) is 0 Å². The third kappa shape index (κ3) is 4.24. The maximum Gasteiger partial charge on any atom is 0.0731 e. The van der Waals surface area contributed by atoms with Crippen LogP contribution in [0.3, 0.4) is 0 Å². The lowest BCUT2D eigenvalue weighted by molar-refractivity contribution is -0.0608. The third-order valence-corrected chi connectivity index (χ3v) is 4.83. The number of ether oxygens (including phenoxy) is 1. The van der Waals surface area contributed by atoms with Crippen molar-refractivity contribution in [2.45, 2.75) is 89.4 Å². The van der Waals surface area contributed by atoms with E-state index < -0.39 is 0 Å². The second-order valence-corrected chi connectivity index (χ2v) is 6.46. The average molecular weight is 253 g/mol. The highest BCUT2D eigenvalue weighted by atomic mass is 16.5. The molecular weight excluding hydrogens is 222 g/mol. The molecule has 4 unspecified atom stereocenters. The smallest absolute Gasteiger partial charge is 0.0731 e. The Balaban J connectivity index is 1.86. The Morgan fingerprint density at radius 2 is 1.67 bits per heavy atom. The molecule has 2 nitrogen and oxygen atoms in total. The van der Waals surface area contributed by atoms with Crippen LogP contribution in [-0.4, -0.2) is 25.3 Å². The molecule has 2 heteroatoms. The Morgan fingerprint density at radius 1 is 0.889 bits per heavy atom. The fraction of sp³-hybridized carbons (Fsp3) is 1.00. The molecule has 18 heavy (non-hydrogen) atoms. The van der Waals surface area contributed by atoms with Crippen molar-refractivity contribution in [3.63, 3.8) is 0 Å². The van der Waals surface area contributed by atoms with Crippen LogP contribution in [0.1, 0.15) is 71.1 Å². The Kier molecular flexibility index (Phi) is 5.97. The fourth-order valence-electron chi connectivity index (χ4n) is 3.69. The zero-order chi connectivity index (χ0) is 12.8. The third-order valence-electron chi connectivity index (χ3n) is 4.83. The van der Waals surface area contributed by atoms with E-state index in [0.717, 1.165) is 5.92 Å². The summed E-state index contributed by atoms with van der Waals surface area (Å²) in [5, 5.41) is 3.50. The predicted octanol–water partition coefficient (Wildman–Crippen LogP) is 3.89. The topological polar surface area (TPSA) is 21.3 Å². The molecule has 0 saturated heterocycles. The number of likely N-dealkylation sites (N-methyl/N-ethyl adjacent to an activating group) is 1. The van der Waals surface area contributed by atoms with Crippen LogP contribution in [0.2, 0.25) is 0 Å². The van der Waals surface area contributed by atoms with E-state index in [0.29, 0.717) is 18.2 Å². The maximum absolute atomic E-state index is 6.48. The van der Waals surface area contributed by atoms with Gasteiger partial charge in [0.1, 0.15) is 0 Å². The van der Waals surface area contributed by atoms with Gasteiger partial charge in [0.15, 0.2) is 0 Å². The predicted molar refractivity (Wildman–Crippen MR) is 76.8 cm³/mol. The first kappa shape index (κ1) is 14.3. The molecule has 1 N–H and O–H groups in total. The molecule has 2 saturated carbocycles. The maximum atomic E-state index is 6.48. The summed E-state index contributed by atoms with van der Waals surface area (Å²) in [5.74, 6) is 0.866. The van der Waals surface area contributed by atoms with Gasteiger partial charge >= 0.3 is 0 Å². The monoisotopic (exact) mass is 253 g/mol. The van der Waals surface area contributed by atoms with E-state index >= 15 is 0 Å². The molecule has 0 bridgehead atoms. The average Bonchev–Trinajstić information content (AvgIpc) is 2.33. The minimum atomic E-state index is 0.464. The molecule has 0 aromatic heterocycles. The molecule has 2 rings (SSSR count). The van der Waals surface area contributed by atoms with Gasteiger partial charge in [-0.1, -0.05) is 45.4 Å². The molecule has 0 aromatic rings. The van der Waals surface area contributed by atoms with Gasteiger partial charge in [-0.15, -0.1) is 0 Å². The lowest BCUT2D eigenvalue weighted by Gasteiger charge is -2.35. The van der Waals surface area contributed by atoms with Crippen LogP contribution in [-0.2, 0) is 4.74 Å². The number of nitrogens with one attached hydrogen (secondary N) is 1. The van der Waals surface area contributed by atoms with Crippen molar-refractivity contribution in [1.82, 2.24) is 5.32 Å². The molecular formula is C16H31NO. The van der Waals surface area contributed by atoms with Gasteiger partial charge in [-0.05, 0) is 38.6 Å². The summed E-state index contributed by atoms with van der Waals surface area (Å²) in [7, 11) is 2.10. The molecule has 2 fully saturated rings. The van der Waals surface area contributed by atoms with Crippen LogP contribution in [0.5, 0.6) is 0 Å². The summed E-state index contributed by atoms with van der Waals surface area (Å²) in [6, 6.07) is 0.586. The van der Waals surface area contributed by atoms with Gasteiger partial charge in [0.25, 0.3) is 0 Å². The normalized spacial score (nSPS) is 39.0. The molecule has 0 radical (unpaired) electrons. The molecule has 0 aliphatic heterocycles. The van der Waals surface area contributed by atoms with Gasteiger partial charge in [-0.25, -0.2) is 0 Å². The van der Waals surface area contributed by atoms with Crippen molar-refractivity contribution >= 4 is 0 Å². The summed E-state index contributed by atoms with van der Waals surface area (Å²) in [5.41, 5.74) is 0. The number of rotatable bonds is 3. The Bertz CT molecular complexity index is 231. The molecule has 0 aromatic carbocycles. The Morgan fingerprint density at radius 3 is 2.39 bits per heavy atom. The first-order valence-corrected chi connectivity index (χ1v) is 8.12. The van der Waals surface area contributed by atoms with Crippen LogP contribution in [0.25, 0.3) is 0 Å². The van der Waals surface area contributed by atoms with E-state index in [1.54, 1.807) is 0 Å². The van der Waals surface area contributed by atoms with Gasteiger partial charge in [0.2, 0.25) is 0 Å². The molecule has 2 aliphatic carbocycles. The van der Waals surface area contributed by atoms with Crippen molar-refractivity contribution in [3.8, 4) is 0 Å². The highest BCUT2D eigenvalue weighted by molar-refractivity contribution is 4.81. The van der Waals surface area contributed by atoms with E-state index in [9.17, 15) is 0 Å². The second-order valence-electron chi connectivity index (χ2n) is 6.46. The molecule has 106 valence electrons. The van der Waals surface area contributed by atoms with Crippen LogP contribution in [0.15, 0.2) is 0 Å². The minimum Gasteiger partial charge on any atom is -0.373 e. The summed E-state index contributed by atoms with van der Waals surface area (Å²) in [6.45, 7) is 2.38. The molecule has 0 amide bonds. The van der Waals surface area contributed by atoms with Crippen molar-refractivity contribution < 1.29 is 4.74 Å². The molecule has 2 aliphatic rings. The summed E-state index contributed by atoms with van der Waals surface area (Å²) >= 11 is 0. The van der Waals surface area contributed by atoms with Gasteiger partial charge in [-0.3, -0.25) is 0 Å². The van der Waals surface area contributed by atoms with Crippen LogP contribution in [0.4, 0.5) is 0 Å². The van der Waals surface area contributed by atoms with E-state index in [1.165, 1.54) is 64.2 Å². The van der Waals surface area contributed by atoms with Crippen molar-refractivity contribution in [2.75, 3.05) is 7.05 Å². The van der Waals surface area contributed by atoms with Gasteiger partial charge in [0, 0.05) is 6.04 Å². The van der Waals surface area contributed by atoms with E-state index in [4.69, 9.17) is 4.74 Å². The fourth-order valence-corrected chi connectivity index (χ4v) is 3.69. The standard InChI is InChI=1S/C16H31NO/c1-13-8-7-9-14(12-13)18-16-11-6-4-3-5-10-15(16)17-2/h13-17H,3-12H2,1-2H3. The first-order valence-electron chi connectivity index (χ1n) is 8.12. The van der Waals surface area contributed by atoms with Gasteiger partial charge < -0.3 is 10.1 Å². The molecule has 4 atom stereocenters. The second kappa shape index (κ2) is 7.49. The van der Waals surface area contributed by atoms with Crippen molar-refractivity contribution in [3.05, 3.63) is 0 Å². The van der Waals surface area contributed by atoms with Crippen molar-refractivity contribution in [1.29, 1.82) is 0 Å². The highest BCUT2D eigenvalue weighted by Gasteiger charge is 2.27. The van der Waals surface area contributed by atoms with Gasteiger partial charge in [0.05, 0.1) is 12.2 Å². The minimum absolute atomic E-state index is 0.464. The summed E-state index contributed by atoms with van der Waals surface area (Å²) < 4.78 is 6.48. The quantitative estimate of drug-likeness (QED) is 0.824. The van der Waals surface area contributed by atoms with Crippen LogP contribution in [0, 0.1) is 5.92 Å². The number of hydrogen-bond acceptors (Lipinski definition) is 2.